The van der Waals surface area contributed by atoms with Crippen LogP contribution in [0, 0.1) is 0 Å². The number of quaternary nitrogens is 1. The minimum absolute atomic E-state index is 0.103. The molecule has 0 unspecified atom stereocenters. The fourth-order valence-electron chi connectivity index (χ4n) is 2.85. The van der Waals surface area contributed by atoms with Crippen molar-refractivity contribution in [2.75, 3.05) is 16.9 Å². The highest BCUT2D eigenvalue weighted by atomic mass is 16.5. The van der Waals surface area contributed by atoms with Gasteiger partial charge >= 0.3 is 0 Å². The Kier molecular flexibility index (Phi) is 6.07. The molecule has 0 saturated heterocycles. The Labute approximate surface area is 174 Å². The summed E-state index contributed by atoms with van der Waals surface area (Å²) in [4.78, 5) is 12.3. The molecule has 152 valence electrons. The van der Waals surface area contributed by atoms with Crippen molar-refractivity contribution < 1.29 is 19.8 Å². The average molecular weight is 404 g/mol. The summed E-state index contributed by atoms with van der Waals surface area (Å²) in [6, 6.07) is 24.6. The topological polar surface area (TPSA) is 91.8 Å². The second kappa shape index (κ2) is 9.44. The van der Waals surface area contributed by atoms with Gasteiger partial charge in [0, 0.05) is 17.8 Å². The van der Waals surface area contributed by atoms with Gasteiger partial charge in [-0.05, 0) is 29.8 Å². The molecule has 1 aliphatic heterocycles. The number of amides is 1. The standard InChI is InChI=1S/C22H21N5O3/c28-22(15-30-21-11-5-9-19(13-21)27-16-23-25-26-27)24-18-8-4-10-20(12-18)29-14-17-6-2-1-3-7-17/h1-13,16,25-26H,14-15H2,(H,24,28)/p+1. The molecule has 0 saturated carbocycles. The van der Waals surface area contributed by atoms with Crippen LogP contribution < -0.4 is 30.9 Å². The van der Waals surface area contributed by atoms with Crippen LogP contribution in [0.15, 0.2) is 84.0 Å². The van der Waals surface area contributed by atoms with E-state index >= 15 is 0 Å². The van der Waals surface area contributed by atoms with Crippen LogP contribution in [0.3, 0.4) is 0 Å². The quantitative estimate of drug-likeness (QED) is 0.500. The zero-order valence-electron chi connectivity index (χ0n) is 16.2. The van der Waals surface area contributed by atoms with Gasteiger partial charge in [-0.3, -0.25) is 4.79 Å². The highest BCUT2D eigenvalue weighted by molar-refractivity contribution is 5.92. The third-order valence-corrected chi connectivity index (χ3v) is 4.31. The van der Waals surface area contributed by atoms with E-state index in [1.807, 2.05) is 71.7 Å². The normalized spacial score (nSPS) is 12.3. The summed E-state index contributed by atoms with van der Waals surface area (Å²) in [6.45, 7) is 0.362. The molecule has 0 radical (unpaired) electrons. The van der Waals surface area contributed by atoms with Crippen molar-refractivity contribution in [3.05, 3.63) is 84.4 Å². The lowest BCUT2D eigenvalue weighted by molar-refractivity contribution is -0.703. The van der Waals surface area contributed by atoms with E-state index in [0.717, 1.165) is 11.3 Å². The van der Waals surface area contributed by atoms with Gasteiger partial charge in [0.1, 0.15) is 23.8 Å². The molecule has 0 spiro atoms. The van der Waals surface area contributed by atoms with Gasteiger partial charge in [0.05, 0.1) is 0 Å². The van der Waals surface area contributed by atoms with E-state index in [0.29, 0.717) is 23.8 Å². The van der Waals surface area contributed by atoms with Crippen molar-refractivity contribution in [2.24, 2.45) is 5.10 Å². The van der Waals surface area contributed by atoms with Gasteiger partial charge in [0.2, 0.25) is 0 Å². The van der Waals surface area contributed by atoms with Crippen molar-refractivity contribution >= 4 is 23.6 Å². The second-order valence-corrected chi connectivity index (χ2v) is 6.55. The minimum Gasteiger partial charge on any atom is -0.489 e. The first-order valence-electron chi connectivity index (χ1n) is 9.46. The molecule has 8 nitrogen and oxygen atoms in total. The number of ether oxygens (including phenoxy) is 2. The molecule has 4 rings (SSSR count). The number of hydrogen-bond donors (Lipinski definition) is 3. The Morgan fingerprint density at radius 3 is 2.57 bits per heavy atom. The summed E-state index contributed by atoms with van der Waals surface area (Å²) in [5, 5.41) is 8.55. The van der Waals surface area contributed by atoms with Gasteiger partial charge in [0.25, 0.3) is 5.91 Å². The van der Waals surface area contributed by atoms with Crippen LogP contribution in [-0.4, -0.2) is 18.9 Å². The van der Waals surface area contributed by atoms with Gasteiger partial charge in [-0.25, -0.2) is 0 Å². The number of nitrogens with one attached hydrogen (secondary N) is 2. The fraction of sp³-hybridized carbons (Fsp3) is 0.0909. The number of nitrogens with two attached hydrogens (primary N) is 1. The summed E-state index contributed by atoms with van der Waals surface area (Å²) in [5.74, 6) is 1.02. The van der Waals surface area contributed by atoms with Crippen LogP contribution >= 0.6 is 0 Å². The number of hydrogen-bond acceptors (Lipinski definition) is 6. The Bertz CT molecular complexity index is 1030. The predicted molar refractivity (Wildman–Crippen MR) is 114 cm³/mol. The number of carbonyl (C=O) groups is 1. The molecule has 3 aromatic rings. The van der Waals surface area contributed by atoms with Gasteiger partial charge in [0.15, 0.2) is 12.9 Å². The Balaban J connectivity index is 1.29. The molecule has 1 heterocycles. The molecule has 0 bridgehead atoms. The van der Waals surface area contributed by atoms with Gasteiger partial charge in [-0.15, -0.1) is 16.2 Å². The maximum atomic E-state index is 12.3. The molecular formula is C22H22N5O3+. The third kappa shape index (κ3) is 5.27. The van der Waals surface area contributed by atoms with Crippen LogP contribution in [0.4, 0.5) is 11.4 Å². The summed E-state index contributed by atoms with van der Waals surface area (Å²) >= 11 is 0. The number of benzene rings is 3. The van der Waals surface area contributed by atoms with Crippen LogP contribution in [0.25, 0.3) is 0 Å². The first-order chi connectivity index (χ1) is 14.8. The van der Waals surface area contributed by atoms with Crippen molar-refractivity contribution in [1.82, 2.24) is 5.53 Å². The van der Waals surface area contributed by atoms with Crippen LogP contribution in [0.1, 0.15) is 5.56 Å². The van der Waals surface area contributed by atoms with Gasteiger partial charge in [-0.1, -0.05) is 42.5 Å². The first kappa shape index (κ1) is 19.3. The molecule has 0 atom stereocenters. The molecule has 30 heavy (non-hydrogen) atoms. The minimum atomic E-state index is -0.253. The number of nitrogens with zero attached hydrogens (tertiary/aromatic N) is 2. The Hall–Kier alpha value is -4.04. The number of anilines is 2. The molecule has 0 aromatic heterocycles. The molecular weight excluding hydrogens is 382 g/mol. The average Bonchev–Trinajstić information content (AvgIpc) is 3.33. The third-order valence-electron chi connectivity index (χ3n) is 4.31. The van der Waals surface area contributed by atoms with E-state index in [-0.39, 0.29) is 12.5 Å². The van der Waals surface area contributed by atoms with E-state index in [9.17, 15) is 4.79 Å². The van der Waals surface area contributed by atoms with Crippen LogP contribution in [0.2, 0.25) is 0 Å². The molecule has 1 aliphatic rings. The summed E-state index contributed by atoms with van der Waals surface area (Å²) < 4.78 is 11.4. The molecule has 0 fully saturated rings. The van der Waals surface area contributed by atoms with Gasteiger partial charge in [-0.2, -0.15) is 5.01 Å². The second-order valence-electron chi connectivity index (χ2n) is 6.55. The number of hydrazone groups is 1. The monoisotopic (exact) mass is 404 g/mol. The van der Waals surface area contributed by atoms with E-state index in [2.05, 4.69) is 16.0 Å². The first-order valence-corrected chi connectivity index (χ1v) is 9.46. The summed E-state index contributed by atoms with van der Waals surface area (Å²) in [6.07, 6.45) is 1.65. The SMILES string of the molecule is O=C(COc1cccc(N2C=NN[NH2+]2)c1)Nc1cccc(OCc2ccccc2)c1. The zero-order chi connectivity index (χ0) is 20.6. The highest BCUT2D eigenvalue weighted by Gasteiger charge is 2.12. The van der Waals surface area contributed by atoms with Crippen LogP contribution in [0.5, 0.6) is 11.5 Å². The maximum absolute atomic E-state index is 12.3. The smallest absolute Gasteiger partial charge is 0.262 e. The maximum Gasteiger partial charge on any atom is 0.262 e. The Morgan fingerprint density at radius 2 is 1.77 bits per heavy atom. The van der Waals surface area contributed by atoms with Crippen molar-refractivity contribution in [3.63, 3.8) is 0 Å². The molecule has 8 heteroatoms. The number of carbonyl (C=O) groups excluding carboxylic acids is 1. The van der Waals surface area contributed by atoms with Gasteiger partial charge < -0.3 is 14.8 Å². The van der Waals surface area contributed by atoms with Crippen molar-refractivity contribution in [3.8, 4) is 11.5 Å². The lowest BCUT2D eigenvalue weighted by atomic mass is 10.2. The summed E-state index contributed by atoms with van der Waals surface area (Å²) in [5.41, 5.74) is 7.08. The lowest BCUT2D eigenvalue weighted by Crippen LogP contribution is -2.97. The Morgan fingerprint density at radius 1 is 0.967 bits per heavy atom. The lowest BCUT2D eigenvalue weighted by Gasteiger charge is -2.12. The van der Waals surface area contributed by atoms with E-state index in [4.69, 9.17) is 9.47 Å². The number of rotatable bonds is 8. The largest absolute Gasteiger partial charge is 0.489 e. The molecule has 3 aromatic carbocycles. The van der Waals surface area contributed by atoms with Crippen molar-refractivity contribution in [2.45, 2.75) is 6.61 Å². The molecule has 0 aliphatic carbocycles. The van der Waals surface area contributed by atoms with Crippen molar-refractivity contribution in [1.29, 1.82) is 0 Å². The molecule has 4 N–H and O–H groups in total. The fourth-order valence-corrected chi connectivity index (χ4v) is 2.85. The zero-order valence-corrected chi connectivity index (χ0v) is 16.2. The highest BCUT2D eigenvalue weighted by Crippen LogP contribution is 2.20. The molecule has 1 amide bonds. The van der Waals surface area contributed by atoms with E-state index in [1.54, 1.807) is 24.0 Å². The van der Waals surface area contributed by atoms with Crippen LogP contribution in [-0.2, 0) is 11.4 Å². The summed E-state index contributed by atoms with van der Waals surface area (Å²) in [7, 11) is 0. The predicted octanol–water partition coefficient (Wildman–Crippen LogP) is 2.03. The van der Waals surface area contributed by atoms with E-state index < -0.39 is 0 Å². The van der Waals surface area contributed by atoms with E-state index in [1.165, 1.54) is 0 Å².